The Morgan fingerprint density at radius 3 is 2.18 bits per heavy atom. The summed E-state index contributed by atoms with van der Waals surface area (Å²) < 4.78 is 10.5. The summed E-state index contributed by atoms with van der Waals surface area (Å²) in [7, 11) is 1.68. The molecule has 0 spiro atoms. The van der Waals surface area contributed by atoms with Crippen LogP contribution < -0.4 is 27.4 Å². The standard InChI is InChI=1S/C12H23NO2.C9H17N7.C4H6.C2H6.CH3N/c1-4-7-12(15-11-10-14-3)8-6-9-13-5-2;1-2-13-3-4-14-8-6(5-10)7(11)15-9(12)16-8;1-3-4-2;2*1-2/h4,6-7,9,12-13H,5,8,10-11H2,1-3H3;5,10,13H,2-4H2,1H3,(H5,11,12,14,15,16);1-2H3;1-2H3;2H,1H2/b7-4-,9-6+;;;;. The van der Waals surface area contributed by atoms with Crippen LogP contribution in [0, 0.1) is 22.7 Å². The zero-order valence-electron chi connectivity index (χ0n) is 25.5. The van der Waals surface area contributed by atoms with Crippen molar-refractivity contribution in [1.82, 2.24) is 20.6 Å². The van der Waals surface area contributed by atoms with Crippen molar-refractivity contribution in [3.8, 4) is 11.8 Å². The zero-order valence-corrected chi connectivity index (χ0v) is 25.5. The third kappa shape index (κ3) is 29.0. The molecule has 224 valence electrons. The number of nitrogen functional groups attached to an aromatic ring is 2. The van der Waals surface area contributed by atoms with E-state index in [1.807, 2.05) is 53.8 Å². The summed E-state index contributed by atoms with van der Waals surface area (Å²) in [6, 6.07) is 0. The van der Waals surface area contributed by atoms with Gasteiger partial charge in [-0.1, -0.05) is 39.0 Å². The maximum absolute atomic E-state index is 7.23. The molecule has 1 unspecified atom stereocenters. The Kier molecular flexibility index (Phi) is 40.1. The van der Waals surface area contributed by atoms with Gasteiger partial charge in [0.15, 0.2) is 0 Å². The van der Waals surface area contributed by atoms with Gasteiger partial charge in [-0.15, -0.1) is 11.8 Å². The van der Waals surface area contributed by atoms with Crippen LogP contribution in [0.5, 0.6) is 0 Å². The molecule has 39 heavy (non-hydrogen) atoms. The van der Waals surface area contributed by atoms with Crippen molar-refractivity contribution in [3.05, 3.63) is 30.0 Å². The van der Waals surface area contributed by atoms with E-state index in [4.69, 9.17) is 31.8 Å². The molecule has 0 aromatic carbocycles. The molecule has 1 atom stereocenters. The molecule has 0 aliphatic rings. The Hall–Kier alpha value is -3.46. The number of allylic oxidation sites excluding steroid dienone is 1. The number of hydrogen-bond acceptors (Lipinski definition) is 11. The average molecular weight is 550 g/mol. The first-order chi connectivity index (χ1) is 18.9. The second kappa shape index (κ2) is 36.7. The van der Waals surface area contributed by atoms with Gasteiger partial charge < -0.3 is 47.7 Å². The summed E-state index contributed by atoms with van der Waals surface area (Å²) in [5.74, 6) is 6.18. The fraction of sp³-hybridized carbons (Fsp3) is 0.571. The van der Waals surface area contributed by atoms with Crippen LogP contribution in [0.4, 0.5) is 17.6 Å². The van der Waals surface area contributed by atoms with Crippen LogP contribution in [0.1, 0.15) is 60.5 Å². The van der Waals surface area contributed by atoms with Crippen LogP contribution >= 0.6 is 0 Å². The number of likely N-dealkylation sites (N-methyl/N-ethyl adjacent to an activating group) is 1. The normalized spacial score (nSPS) is 10.1. The minimum atomic E-state index is 0.106. The highest BCUT2D eigenvalue weighted by atomic mass is 16.5. The number of anilines is 3. The van der Waals surface area contributed by atoms with Crippen molar-refractivity contribution < 1.29 is 9.47 Å². The van der Waals surface area contributed by atoms with E-state index in [1.165, 1.54) is 0 Å². The summed E-state index contributed by atoms with van der Waals surface area (Å²) in [6.07, 6.45) is 10.3. The van der Waals surface area contributed by atoms with E-state index >= 15 is 0 Å². The lowest BCUT2D eigenvalue weighted by atomic mass is 10.2. The molecule has 11 nitrogen and oxygen atoms in total. The molecular formula is C28H55N9O2. The highest BCUT2D eigenvalue weighted by molar-refractivity contribution is 5.90. The SMILES string of the molecule is C/C=C\C(C/C=C/NCC)OCCOC.C=N.CC.CC#CC.CCNCCNc1nc(N)nc(N)c1C=N. The monoisotopic (exact) mass is 549 g/mol. The van der Waals surface area contributed by atoms with Crippen molar-refractivity contribution in [2.24, 2.45) is 0 Å². The van der Waals surface area contributed by atoms with E-state index in [-0.39, 0.29) is 17.9 Å². The molecule has 0 amide bonds. The first-order valence-corrected chi connectivity index (χ1v) is 13.1. The van der Waals surface area contributed by atoms with Gasteiger partial charge in [-0.05, 0) is 53.6 Å². The van der Waals surface area contributed by atoms with Gasteiger partial charge in [-0.2, -0.15) is 9.97 Å². The quantitative estimate of drug-likeness (QED) is 0.0733. The first kappa shape index (κ1) is 42.6. The topological polar surface area (TPSA) is 180 Å². The van der Waals surface area contributed by atoms with Crippen molar-refractivity contribution in [2.75, 3.05) is 63.3 Å². The average Bonchev–Trinajstić information content (AvgIpc) is 2.96. The number of aromatic nitrogens is 2. The predicted molar refractivity (Wildman–Crippen MR) is 170 cm³/mol. The number of hydrogen-bond donors (Lipinski definition) is 7. The Bertz CT molecular complexity index is 785. The van der Waals surface area contributed by atoms with Gasteiger partial charge in [0.1, 0.15) is 11.6 Å². The molecule has 11 heteroatoms. The lowest BCUT2D eigenvalue weighted by Gasteiger charge is -2.11. The van der Waals surface area contributed by atoms with E-state index in [2.05, 4.69) is 63.6 Å². The van der Waals surface area contributed by atoms with E-state index in [0.717, 1.165) is 32.3 Å². The van der Waals surface area contributed by atoms with E-state index in [9.17, 15) is 0 Å². The van der Waals surface area contributed by atoms with E-state index in [1.54, 1.807) is 7.11 Å². The van der Waals surface area contributed by atoms with Gasteiger partial charge in [-0.25, -0.2) is 0 Å². The number of nitrogens with zero attached hydrogens (tertiary/aromatic N) is 2. The molecule has 0 aliphatic carbocycles. The highest BCUT2D eigenvalue weighted by Gasteiger charge is 2.08. The summed E-state index contributed by atoms with van der Waals surface area (Å²) in [5.41, 5.74) is 11.6. The summed E-state index contributed by atoms with van der Waals surface area (Å²) >= 11 is 0. The van der Waals surface area contributed by atoms with Gasteiger partial charge in [0.2, 0.25) is 5.95 Å². The first-order valence-electron chi connectivity index (χ1n) is 13.1. The summed E-state index contributed by atoms with van der Waals surface area (Å²) in [4.78, 5) is 7.79. The number of methoxy groups -OCH3 is 1. The third-order valence-corrected chi connectivity index (χ3v) is 4.07. The molecule has 1 aromatic rings. The Morgan fingerprint density at radius 2 is 1.69 bits per heavy atom. The largest absolute Gasteiger partial charge is 0.391 e. The second-order valence-corrected chi connectivity index (χ2v) is 6.78. The molecule has 1 aromatic heterocycles. The van der Waals surface area contributed by atoms with Gasteiger partial charge >= 0.3 is 0 Å². The molecule has 9 N–H and O–H groups in total. The minimum absolute atomic E-state index is 0.106. The molecule has 0 fully saturated rings. The predicted octanol–water partition coefficient (Wildman–Crippen LogP) is 4.09. The maximum atomic E-state index is 7.23. The van der Waals surface area contributed by atoms with Gasteiger partial charge in [0, 0.05) is 33.0 Å². The van der Waals surface area contributed by atoms with Gasteiger partial charge in [0.25, 0.3) is 0 Å². The van der Waals surface area contributed by atoms with Crippen molar-refractivity contribution in [3.63, 3.8) is 0 Å². The lowest BCUT2D eigenvalue weighted by Crippen LogP contribution is -2.23. The molecule has 1 rings (SSSR count). The van der Waals surface area contributed by atoms with Crippen molar-refractivity contribution in [1.29, 1.82) is 10.8 Å². The summed E-state index contributed by atoms with van der Waals surface area (Å²) in [5, 5.41) is 22.1. The van der Waals surface area contributed by atoms with Gasteiger partial charge in [0.05, 0.1) is 24.9 Å². The van der Waals surface area contributed by atoms with Crippen LogP contribution in [0.25, 0.3) is 0 Å². The van der Waals surface area contributed by atoms with E-state index in [0.29, 0.717) is 31.1 Å². The van der Waals surface area contributed by atoms with E-state index < -0.39 is 0 Å². The van der Waals surface area contributed by atoms with Crippen LogP contribution in [0.2, 0.25) is 0 Å². The smallest absolute Gasteiger partial charge is 0.223 e. The van der Waals surface area contributed by atoms with Crippen molar-refractivity contribution >= 4 is 30.5 Å². The summed E-state index contributed by atoms with van der Waals surface area (Å²) in [6.45, 7) is 20.9. The van der Waals surface area contributed by atoms with Crippen LogP contribution in [0.15, 0.2) is 24.4 Å². The Labute approximate surface area is 237 Å². The molecule has 0 bridgehead atoms. The van der Waals surface area contributed by atoms with Crippen LogP contribution in [-0.4, -0.2) is 75.5 Å². The Balaban J connectivity index is -0.000000248. The van der Waals surface area contributed by atoms with Crippen LogP contribution in [0.3, 0.4) is 0 Å². The molecule has 0 saturated carbocycles. The fourth-order valence-electron chi connectivity index (χ4n) is 2.33. The lowest BCUT2D eigenvalue weighted by molar-refractivity contribution is 0.0409. The minimum Gasteiger partial charge on any atom is -0.391 e. The van der Waals surface area contributed by atoms with Gasteiger partial charge in [-0.3, -0.25) is 0 Å². The molecule has 1 heterocycles. The Morgan fingerprint density at radius 1 is 1.05 bits per heavy atom. The second-order valence-electron chi connectivity index (χ2n) is 6.78. The molecule has 0 radical (unpaired) electrons. The number of rotatable bonds is 15. The maximum Gasteiger partial charge on any atom is 0.223 e. The molecule has 0 aliphatic heterocycles. The van der Waals surface area contributed by atoms with Crippen molar-refractivity contribution in [2.45, 2.75) is 61.0 Å². The fourth-order valence-corrected chi connectivity index (χ4v) is 2.33. The molecular weight excluding hydrogens is 494 g/mol. The molecule has 0 saturated heterocycles. The van der Waals surface area contributed by atoms with Crippen LogP contribution in [-0.2, 0) is 9.47 Å². The third-order valence-electron chi connectivity index (χ3n) is 4.07. The number of ether oxygens (including phenoxy) is 2. The number of nitrogens with one attached hydrogen (secondary N) is 5. The number of nitrogens with two attached hydrogens (primary N) is 2. The highest BCUT2D eigenvalue weighted by Crippen LogP contribution is 2.16. The zero-order chi connectivity index (χ0) is 30.7.